The summed E-state index contributed by atoms with van der Waals surface area (Å²) in [7, 11) is -3.72. The number of rotatable bonds is 6. The van der Waals surface area contributed by atoms with Gasteiger partial charge < -0.3 is 15.8 Å². The van der Waals surface area contributed by atoms with Crippen LogP contribution in [0.2, 0.25) is 0 Å². The van der Waals surface area contributed by atoms with Crippen molar-refractivity contribution in [3.8, 4) is 5.75 Å². The maximum Gasteiger partial charge on any atom is 0.268 e. The second-order valence-electron chi connectivity index (χ2n) is 6.63. The summed E-state index contributed by atoms with van der Waals surface area (Å²) >= 11 is 1.20. The van der Waals surface area contributed by atoms with Gasteiger partial charge in [-0.3, -0.25) is 9.52 Å². The average Bonchev–Trinajstić information content (AvgIpc) is 3.34. The molecule has 0 saturated carbocycles. The van der Waals surface area contributed by atoms with Crippen molar-refractivity contribution < 1.29 is 19.4 Å². The van der Waals surface area contributed by atoms with E-state index in [1.54, 1.807) is 22.4 Å². The Labute approximate surface area is 180 Å². The first kappa shape index (κ1) is 21.8. The second-order valence-corrected chi connectivity index (χ2v) is 9.21. The van der Waals surface area contributed by atoms with Gasteiger partial charge >= 0.3 is 0 Å². The first-order valence-corrected chi connectivity index (χ1v) is 11.4. The fourth-order valence-corrected chi connectivity index (χ4v) is 4.84. The number of benzene rings is 2. The lowest BCUT2D eigenvalue weighted by atomic mass is 10.2. The Kier molecular flexibility index (Phi) is 6.40. The molecule has 1 aliphatic rings. The van der Waals surface area contributed by atoms with Crippen molar-refractivity contribution >= 4 is 38.1 Å². The number of carbonyl (C=O) groups is 1. The zero-order chi connectivity index (χ0) is 20.4. The molecule has 1 unspecified atom stereocenters. The molecule has 1 aliphatic heterocycles. The molecule has 4 N–H and O–H groups in total. The third-order valence-electron chi connectivity index (χ3n) is 4.57. The van der Waals surface area contributed by atoms with Crippen LogP contribution >= 0.6 is 11.3 Å². The largest absolute Gasteiger partial charge is 0.481 e. The molecule has 8 nitrogen and oxygen atoms in total. The molecule has 4 rings (SSSR count). The molecule has 2 aromatic carbocycles. The van der Waals surface area contributed by atoms with E-state index in [1.165, 1.54) is 29.7 Å². The van der Waals surface area contributed by atoms with Crippen molar-refractivity contribution in [3.63, 3.8) is 0 Å². The molecule has 1 fully saturated rings. The highest BCUT2D eigenvalue weighted by atomic mass is 32.2. The van der Waals surface area contributed by atoms with Crippen LogP contribution in [0.3, 0.4) is 0 Å². The van der Waals surface area contributed by atoms with Crippen LogP contribution in [0, 0.1) is 6.92 Å². The lowest BCUT2D eigenvalue weighted by molar-refractivity contribution is -0.122. The number of nitrogens with zero attached hydrogens (tertiary/aromatic N) is 2. The van der Waals surface area contributed by atoms with Gasteiger partial charge in [0.15, 0.2) is 11.2 Å². The van der Waals surface area contributed by atoms with Crippen molar-refractivity contribution in [2.45, 2.75) is 24.3 Å². The molecular formula is C20H24N4O4S2. The fraction of sp³-hybridized carbons (Fsp3) is 0.200. The van der Waals surface area contributed by atoms with Gasteiger partial charge in [-0.15, -0.1) is 11.3 Å². The minimum absolute atomic E-state index is 0. The van der Waals surface area contributed by atoms with Crippen LogP contribution in [0.25, 0.3) is 0 Å². The first-order valence-electron chi connectivity index (χ1n) is 8.99. The molecule has 10 heteroatoms. The molecule has 1 amide bonds. The number of aryl methyl sites for hydroxylation is 1. The number of amides is 1. The Morgan fingerprint density at radius 3 is 2.50 bits per heavy atom. The highest BCUT2D eigenvalue weighted by Crippen LogP contribution is 2.27. The quantitative estimate of drug-likeness (QED) is 0.590. The standard InChI is InChI=1S/C20H19N3O4S2.H3N.H2/c1-14-2-6-16(7-3-14)27-18-10-12-23(19(18)24)15-4-8-17(9-5-15)29(25,26)22-20-21-11-13-28-20;;/h2-9,11,13,18H,10,12H2,1H3,(H,21,22);1H3;1H. The number of thiazole rings is 1. The Morgan fingerprint density at radius 1 is 1.17 bits per heavy atom. The third kappa shape index (κ3) is 4.61. The van der Waals surface area contributed by atoms with Crippen molar-refractivity contribution in [3.05, 3.63) is 65.7 Å². The van der Waals surface area contributed by atoms with Crippen LogP contribution < -0.4 is 20.5 Å². The lowest BCUT2D eigenvalue weighted by Gasteiger charge is -2.18. The van der Waals surface area contributed by atoms with Gasteiger partial charge in [-0.1, -0.05) is 17.7 Å². The highest BCUT2D eigenvalue weighted by molar-refractivity contribution is 7.93. The van der Waals surface area contributed by atoms with E-state index >= 15 is 0 Å². The Hall–Kier alpha value is -2.95. The summed E-state index contributed by atoms with van der Waals surface area (Å²) in [5, 5.41) is 1.99. The third-order valence-corrected chi connectivity index (χ3v) is 6.74. The summed E-state index contributed by atoms with van der Waals surface area (Å²) in [6.07, 6.45) is 1.55. The molecule has 2 heterocycles. The maximum absolute atomic E-state index is 12.7. The number of hydrogen-bond donors (Lipinski definition) is 2. The van der Waals surface area contributed by atoms with Gasteiger partial charge in [0.1, 0.15) is 5.75 Å². The fourth-order valence-electron chi connectivity index (χ4n) is 3.05. The predicted molar refractivity (Wildman–Crippen MR) is 119 cm³/mol. The van der Waals surface area contributed by atoms with Crippen LogP contribution in [0.4, 0.5) is 10.8 Å². The van der Waals surface area contributed by atoms with Gasteiger partial charge in [0.05, 0.1) is 4.90 Å². The molecule has 0 aliphatic carbocycles. The molecule has 0 spiro atoms. The predicted octanol–water partition coefficient (Wildman–Crippen LogP) is 3.84. The molecule has 1 atom stereocenters. The minimum Gasteiger partial charge on any atom is -0.481 e. The summed E-state index contributed by atoms with van der Waals surface area (Å²) in [5.41, 5.74) is 1.76. The molecular weight excluding hydrogens is 424 g/mol. The van der Waals surface area contributed by atoms with Crippen molar-refractivity contribution in [1.29, 1.82) is 0 Å². The summed E-state index contributed by atoms with van der Waals surface area (Å²) in [5.74, 6) is 0.521. The first-order chi connectivity index (χ1) is 13.9. The number of carbonyl (C=O) groups excluding carboxylic acids is 1. The van der Waals surface area contributed by atoms with Gasteiger partial charge in [-0.05, 0) is 43.3 Å². The normalized spacial score (nSPS) is 16.2. The van der Waals surface area contributed by atoms with E-state index in [9.17, 15) is 13.2 Å². The van der Waals surface area contributed by atoms with E-state index in [4.69, 9.17) is 4.74 Å². The Balaban J connectivity index is 0.00000171. The van der Waals surface area contributed by atoms with Crippen LogP contribution in [0.5, 0.6) is 5.75 Å². The number of ether oxygens (including phenoxy) is 1. The minimum atomic E-state index is -3.72. The van der Waals surface area contributed by atoms with Crippen LogP contribution in [0.15, 0.2) is 65.0 Å². The number of aromatic nitrogens is 1. The molecule has 1 saturated heterocycles. The molecule has 1 aromatic heterocycles. The Bertz CT molecular complexity index is 1110. The van der Waals surface area contributed by atoms with E-state index in [0.29, 0.717) is 29.5 Å². The van der Waals surface area contributed by atoms with Crippen LogP contribution in [0.1, 0.15) is 13.4 Å². The SMILES string of the molecule is Cc1ccc(OC2CCN(c3ccc(S(=O)(=O)Nc4nccs4)cc3)C2=O)cc1.N.[HH]. The van der Waals surface area contributed by atoms with Gasteiger partial charge in [0, 0.05) is 31.7 Å². The maximum atomic E-state index is 12.7. The van der Waals surface area contributed by atoms with E-state index < -0.39 is 16.1 Å². The Morgan fingerprint density at radius 2 is 1.87 bits per heavy atom. The topological polar surface area (TPSA) is 124 Å². The zero-order valence-corrected chi connectivity index (χ0v) is 17.9. The molecule has 0 bridgehead atoms. The van der Waals surface area contributed by atoms with Crippen molar-refractivity contribution in [2.24, 2.45) is 0 Å². The van der Waals surface area contributed by atoms with Gasteiger partial charge in [0.2, 0.25) is 0 Å². The number of nitrogens with one attached hydrogen (secondary N) is 1. The van der Waals surface area contributed by atoms with Gasteiger partial charge in [-0.25, -0.2) is 13.4 Å². The monoisotopic (exact) mass is 448 g/mol. The number of anilines is 2. The van der Waals surface area contributed by atoms with Crippen molar-refractivity contribution in [1.82, 2.24) is 11.1 Å². The molecule has 3 aromatic rings. The van der Waals surface area contributed by atoms with Crippen molar-refractivity contribution in [2.75, 3.05) is 16.2 Å². The molecule has 30 heavy (non-hydrogen) atoms. The summed E-state index contributed by atoms with van der Waals surface area (Å²) in [4.78, 5) is 18.4. The average molecular weight is 449 g/mol. The highest BCUT2D eigenvalue weighted by Gasteiger charge is 2.34. The summed E-state index contributed by atoms with van der Waals surface area (Å²) in [6, 6.07) is 13.8. The van der Waals surface area contributed by atoms with Crippen LogP contribution in [-0.4, -0.2) is 32.0 Å². The van der Waals surface area contributed by atoms with E-state index in [-0.39, 0.29) is 18.4 Å². The van der Waals surface area contributed by atoms with E-state index in [1.807, 2.05) is 31.2 Å². The van der Waals surface area contributed by atoms with E-state index in [0.717, 1.165) is 5.56 Å². The van der Waals surface area contributed by atoms with Crippen LogP contribution in [-0.2, 0) is 14.8 Å². The lowest BCUT2D eigenvalue weighted by Crippen LogP contribution is -2.32. The second kappa shape index (κ2) is 8.82. The summed E-state index contributed by atoms with van der Waals surface area (Å²) < 4.78 is 33.1. The van der Waals surface area contributed by atoms with Gasteiger partial charge in [0.25, 0.3) is 15.9 Å². The summed E-state index contributed by atoms with van der Waals surface area (Å²) in [6.45, 7) is 2.50. The number of sulfonamides is 1. The smallest absolute Gasteiger partial charge is 0.268 e. The molecule has 0 radical (unpaired) electrons. The molecule has 160 valence electrons. The van der Waals surface area contributed by atoms with E-state index in [2.05, 4.69) is 9.71 Å². The zero-order valence-electron chi connectivity index (χ0n) is 16.3. The number of hydrogen-bond acceptors (Lipinski definition) is 7. The van der Waals surface area contributed by atoms with Gasteiger partial charge in [-0.2, -0.15) is 0 Å².